The lowest BCUT2D eigenvalue weighted by Gasteiger charge is -2.21. The van der Waals surface area contributed by atoms with Crippen LogP contribution in [0.4, 0.5) is 0 Å². The Balaban J connectivity index is 2.25. The van der Waals surface area contributed by atoms with Crippen molar-refractivity contribution in [1.29, 1.82) is 0 Å². The molecule has 0 aliphatic heterocycles. The van der Waals surface area contributed by atoms with Gasteiger partial charge in [0, 0.05) is 11.9 Å². The predicted molar refractivity (Wildman–Crippen MR) is 113 cm³/mol. The lowest BCUT2D eigenvalue weighted by atomic mass is 9.86. The van der Waals surface area contributed by atoms with Crippen LogP contribution in [0.25, 0.3) is 21.9 Å². The number of rotatable bonds is 6. The van der Waals surface area contributed by atoms with Crippen LogP contribution in [-0.4, -0.2) is 9.67 Å². The fourth-order valence-corrected chi connectivity index (χ4v) is 3.64. The summed E-state index contributed by atoms with van der Waals surface area (Å²) < 4.78 is 7.09. The molecule has 0 aliphatic rings. The minimum absolute atomic E-state index is 0.0757. The first kappa shape index (κ1) is 20.2. The summed E-state index contributed by atoms with van der Waals surface area (Å²) in [5.41, 5.74) is 0.888. The predicted octanol–water partition coefficient (Wildman–Crippen LogP) is 5.08. The van der Waals surface area contributed by atoms with Crippen molar-refractivity contribution in [3.8, 4) is 5.75 Å². The molecule has 2 aromatic heterocycles. The van der Waals surface area contributed by atoms with E-state index >= 15 is 0 Å². The largest absolute Gasteiger partial charge is 0.507 e. The van der Waals surface area contributed by atoms with E-state index in [1.165, 1.54) is 12.8 Å². The van der Waals surface area contributed by atoms with Gasteiger partial charge in [-0.05, 0) is 29.5 Å². The lowest BCUT2D eigenvalue weighted by Crippen LogP contribution is -2.22. The Morgan fingerprint density at radius 3 is 2.43 bits per heavy atom. The van der Waals surface area contributed by atoms with Crippen molar-refractivity contribution in [3.05, 3.63) is 50.6 Å². The highest BCUT2D eigenvalue weighted by Crippen LogP contribution is 2.31. The SMILES string of the molecule is CCCCCCCn1c(=O)c2c(O)cc(=O)oc2c2cc(C(C)(C)C)ccc21. The maximum atomic E-state index is 13.1. The number of aromatic nitrogens is 1. The second kappa shape index (κ2) is 7.82. The Morgan fingerprint density at radius 1 is 1.04 bits per heavy atom. The summed E-state index contributed by atoms with van der Waals surface area (Å²) in [7, 11) is 0. The molecule has 0 aliphatic carbocycles. The molecule has 150 valence electrons. The van der Waals surface area contributed by atoms with Crippen LogP contribution in [-0.2, 0) is 12.0 Å². The van der Waals surface area contributed by atoms with E-state index in [0.717, 1.165) is 36.4 Å². The Bertz CT molecular complexity index is 1120. The third-order valence-electron chi connectivity index (χ3n) is 5.28. The highest BCUT2D eigenvalue weighted by molar-refractivity contribution is 6.04. The minimum atomic E-state index is -0.663. The normalized spacial score (nSPS) is 12.1. The van der Waals surface area contributed by atoms with Crippen LogP contribution in [0.3, 0.4) is 0 Å². The molecule has 0 saturated heterocycles. The molecule has 0 atom stereocenters. The molecular formula is C23H29NO4. The molecule has 2 heterocycles. The van der Waals surface area contributed by atoms with Gasteiger partial charge in [-0.25, -0.2) is 4.79 Å². The van der Waals surface area contributed by atoms with Crippen molar-refractivity contribution >= 4 is 21.9 Å². The van der Waals surface area contributed by atoms with Gasteiger partial charge in [-0.2, -0.15) is 0 Å². The van der Waals surface area contributed by atoms with Gasteiger partial charge in [0.2, 0.25) is 0 Å². The molecule has 0 fully saturated rings. The smallest absolute Gasteiger partial charge is 0.339 e. The molecule has 1 N–H and O–H groups in total. The number of pyridine rings is 1. The first-order valence-electron chi connectivity index (χ1n) is 10.1. The van der Waals surface area contributed by atoms with E-state index in [-0.39, 0.29) is 27.7 Å². The Kier molecular flexibility index (Phi) is 5.64. The Morgan fingerprint density at radius 2 is 1.75 bits per heavy atom. The summed E-state index contributed by atoms with van der Waals surface area (Å²) in [6, 6.07) is 6.87. The second-order valence-electron chi connectivity index (χ2n) is 8.51. The summed E-state index contributed by atoms with van der Waals surface area (Å²) in [5, 5.41) is 11.1. The van der Waals surface area contributed by atoms with Crippen molar-refractivity contribution < 1.29 is 9.52 Å². The number of aromatic hydroxyl groups is 1. The van der Waals surface area contributed by atoms with Gasteiger partial charge < -0.3 is 14.1 Å². The van der Waals surface area contributed by atoms with E-state index in [2.05, 4.69) is 27.7 Å². The van der Waals surface area contributed by atoms with Crippen molar-refractivity contribution in [1.82, 2.24) is 4.57 Å². The zero-order valence-corrected chi connectivity index (χ0v) is 17.2. The number of hydrogen-bond acceptors (Lipinski definition) is 4. The molecule has 3 aromatic rings. The van der Waals surface area contributed by atoms with E-state index < -0.39 is 5.63 Å². The van der Waals surface area contributed by atoms with E-state index in [1.807, 2.05) is 18.2 Å². The van der Waals surface area contributed by atoms with Crippen LogP contribution in [0.15, 0.2) is 38.3 Å². The van der Waals surface area contributed by atoms with Gasteiger partial charge in [-0.3, -0.25) is 4.79 Å². The number of fused-ring (bicyclic) bond motifs is 3. The van der Waals surface area contributed by atoms with Crippen molar-refractivity contribution in [2.24, 2.45) is 0 Å². The molecule has 0 unspecified atom stereocenters. The van der Waals surface area contributed by atoms with Gasteiger partial charge in [0.1, 0.15) is 11.1 Å². The zero-order valence-electron chi connectivity index (χ0n) is 17.2. The summed E-state index contributed by atoms with van der Waals surface area (Å²) in [6.45, 7) is 9.06. The fraction of sp³-hybridized carbons (Fsp3) is 0.478. The van der Waals surface area contributed by atoms with Crippen molar-refractivity contribution in [2.75, 3.05) is 0 Å². The standard InChI is InChI=1S/C23H29NO4/c1-5-6-7-8-9-12-24-17-11-10-15(23(2,3)4)13-16(17)21-20(22(24)27)18(25)14-19(26)28-21/h10-11,13-14,25H,5-9,12H2,1-4H3. The fourth-order valence-electron chi connectivity index (χ4n) is 3.64. The molecule has 0 radical (unpaired) electrons. The van der Waals surface area contributed by atoms with E-state index in [0.29, 0.717) is 11.9 Å². The molecule has 0 saturated carbocycles. The molecule has 0 spiro atoms. The van der Waals surface area contributed by atoms with E-state index in [1.54, 1.807) is 4.57 Å². The van der Waals surface area contributed by atoms with Gasteiger partial charge >= 0.3 is 5.63 Å². The molecule has 0 amide bonds. The molecule has 1 aromatic carbocycles. The van der Waals surface area contributed by atoms with Crippen LogP contribution in [0.2, 0.25) is 0 Å². The van der Waals surface area contributed by atoms with E-state index in [4.69, 9.17) is 4.42 Å². The maximum Gasteiger partial charge on any atom is 0.339 e. The molecule has 5 nitrogen and oxygen atoms in total. The number of hydrogen-bond donors (Lipinski definition) is 1. The quantitative estimate of drug-likeness (QED) is 0.476. The highest BCUT2D eigenvalue weighted by atomic mass is 16.4. The number of nitrogens with zero attached hydrogens (tertiary/aromatic N) is 1. The maximum absolute atomic E-state index is 13.1. The summed E-state index contributed by atoms with van der Waals surface area (Å²) in [6.07, 6.45) is 5.44. The molecular weight excluding hydrogens is 354 g/mol. The molecule has 3 rings (SSSR count). The summed E-state index contributed by atoms with van der Waals surface area (Å²) in [5.74, 6) is -0.320. The second-order valence-corrected chi connectivity index (χ2v) is 8.51. The van der Waals surface area contributed by atoms with Gasteiger partial charge in [0.25, 0.3) is 5.56 Å². The lowest BCUT2D eigenvalue weighted by molar-refractivity contribution is 0.466. The van der Waals surface area contributed by atoms with Gasteiger partial charge in [0.15, 0.2) is 5.58 Å². The Hall–Kier alpha value is -2.56. The number of unbranched alkanes of at least 4 members (excludes halogenated alkanes) is 4. The van der Waals surface area contributed by atoms with Gasteiger partial charge in [-0.1, -0.05) is 59.4 Å². The average molecular weight is 383 g/mol. The van der Waals surface area contributed by atoms with E-state index in [9.17, 15) is 14.7 Å². The van der Waals surface area contributed by atoms with Crippen molar-refractivity contribution in [3.63, 3.8) is 0 Å². The van der Waals surface area contributed by atoms with Crippen molar-refractivity contribution in [2.45, 2.75) is 71.8 Å². The van der Waals surface area contributed by atoms with Crippen LogP contribution in [0.1, 0.15) is 65.4 Å². The highest BCUT2D eigenvalue weighted by Gasteiger charge is 2.20. The first-order chi connectivity index (χ1) is 13.2. The number of benzene rings is 1. The Labute approximate surface area is 164 Å². The summed E-state index contributed by atoms with van der Waals surface area (Å²) in [4.78, 5) is 25.0. The zero-order chi connectivity index (χ0) is 20.5. The third-order valence-corrected chi connectivity index (χ3v) is 5.28. The summed E-state index contributed by atoms with van der Waals surface area (Å²) >= 11 is 0. The first-order valence-corrected chi connectivity index (χ1v) is 10.1. The topological polar surface area (TPSA) is 72.4 Å². The monoisotopic (exact) mass is 383 g/mol. The minimum Gasteiger partial charge on any atom is -0.507 e. The van der Waals surface area contributed by atoms with Gasteiger partial charge in [-0.15, -0.1) is 0 Å². The third kappa shape index (κ3) is 3.84. The van der Waals surface area contributed by atoms with Crippen LogP contribution >= 0.6 is 0 Å². The van der Waals surface area contributed by atoms with Gasteiger partial charge in [0.05, 0.1) is 11.6 Å². The van der Waals surface area contributed by atoms with Crippen LogP contribution in [0, 0.1) is 0 Å². The molecule has 5 heteroatoms. The molecule has 0 bridgehead atoms. The van der Waals surface area contributed by atoms with Crippen LogP contribution in [0.5, 0.6) is 5.75 Å². The number of aryl methyl sites for hydroxylation is 1. The van der Waals surface area contributed by atoms with Crippen LogP contribution < -0.4 is 11.2 Å². The average Bonchev–Trinajstić information content (AvgIpc) is 2.62. The molecule has 28 heavy (non-hydrogen) atoms.